The maximum absolute atomic E-state index is 13.7. The van der Waals surface area contributed by atoms with E-state index in [1.54, 1.807) is 20.8 Å². The molecule has 0 bridgehead atoms. The second kappa shape index (κ2) is 12.2. The molecule has 2 amide bonds. The van der Waals surface area contributed by atoms with Crippen molar-refractivity contribution < 1.29 is 29.0 Å². The molecule has 0 aromatic heterocycles. The summed E-state index contributed by atoms with van der Waals surface area (Å²) in [5.41, 5.74) is -1.03. The number of esters is 1. The van der Waals surface area contributed by atoms with Gasteiger partial charge in [0.2, 0.25) is 5.91 Å². The summed E-state index contributed by atoms with van der Waals surface area (Å²) < 4.78 is 11.1. The van der Waals surface area contributed by atoms with Crippen molar-refractivity contribution >= 4 is 18.0 Å². The van der Waals surface area contributed by atoms with Gasteiger partial charge in [0.1, 0.15) is 23.8 Å². The summed E-state index contributed by atoms with van der Waals surface area (Å²) >= 11 is 0. The Hall–Kier alpha value is -2.61. The van der Waals surface area contributed by atoms with Gasteiger partial charge in [-0.2, -0.15) is 0 Å². The number of carbonyl (C=O) groups excluding carboxylic acids is 3. The molecule has 1 fully saturated rings. The van der Waals surface area contributed by atoms with Gasteiger partial charge in [0.25, 0.3) is 0 Å². The fraction of sp³-hybridized carbons (Fsp3) is 0.654. The number of amides is 2. The van der Waals surface area contributed by atoms with E-state index in [1.807, 2.05) is 44.2 Å². The van der Waals surface area contributed by atoms with Gasteiger partial charge in [-0.15, -0.1) is 0 Å². The second-order valence-corrected chi connectivity index (χ2v) is 10.3. The predicted molar refractivity (Wildman–Crippen MR) is 129 cm³/mol. The number of aliphatic hydroxyl groups excluding tert-OH is 1. The maximum Gasteiger partial charge on any atom is 0.411 e. The molecule has 0 aliphatic carbocycles. The van der Waals surface area contributed by atoms with Gasteiger partial charge in [0.05, 0.1) is 0 Å². The van der Waals surface area contributed by atoms with E-state index >= 15 is 0 Å². The van der Waals surface area contributed by atoms with Gasteiger partial charge in [-0.1, -0.05) is 44.2 Å². The molecule has 0 radical (unpaired) electrons. The third kappa shape index (κ3) is 7.72. The van der Waals surface area contributed by atoms with Crippen molar-refractivity contribution in [1.29, 1.82) is 0 Å². The first-order chi connectivity index (χ1) is 16.0. The normalized spacial score (nSPS) is 19.1. The second-order valence-electron chi connectivity index (χ2n) is 10.3. The maximum atomic E-state index is 13.7. The highest BCUT2D eigenvalue weighted by Crippen LogP contribution is 2.35. The van der Waals surface area contributed by atoms with Gasteiger partial charge >= 0.3 is 12.1 Å². The lowest BCUT2D eigenvalue weighted by Crippen LogP contribution is -2.60. The van der Waals surface area contributed by atoms with Crippen LogP contribution < -0.4 is 5.32 Å². The third-order valence-corrected chi connectivity index (χ3v) is 5.79. The Morgan fingerprint density at radius 2 is 1.85 bits per heavy atom. The molecule has 0 spiro atoms. The highest BCUT2D eigenvalue weighted by atomic mass is 16.6. The number of hydrogen-bond donors (Lipinski definition) is 2. The van der Waals surface area contributed by atoms with E-state index in [9.17, 15) is 19.5 Å². The van der Waals surface area contributed by atoms with Crippen LogP contribution in [-0.4, -0.2) is 58.3 Å². The van der Waals surface area contributed by atoms with E-state index in [1.165, 1.54) is 4.90 Å². The van der Waals surface area contributed by atoms with Crippen molar-refractivity contribution in [2.45, 2.75) is 90.5 Å². The zero-order chi connectivity index (χ0) is 25.4. The summed E-state index contributed by atoms with van der Waals surface area (Å²) in [5, 5.41) is 12.3. The molecule has 0 unspecified atom stereocenters. The predicted octanol–water partition coefficient (Wildman–Crippen LogP) is 3.80. The fourth-order valence-corrected chi connectivity index (χ4v) is 4.25. The lowest BCUT2D eigenvalue weighted by Gasteiger charge is -2.38. The van der Waals surface area contributed by atoms with Crippen LogP contribution in [0.15, 0.2) is 30.3 Å². The van der Waals surface area contributed by atoms with E-state index in [0.717, 1.165) is 5.56 Å². The van der Waals surface area contributed by atoms with Crippen molar-refractivity contribution in [3.8, 4) is 0 Å². The molecular weight excluding hydrogens is 436 g/mol. The molecule has 0 saturated carbocycles. The molecule has 8 nitrogen and oxygen atoms in total. The number of carbonyl (C=O) groups is 3. The Bertz CT molecular complexity index is 820. The summed E-state index contributed by atoms with van der Waals surface area (Å²) in [6.45, 7) is 9.64. The SMILES string of the molecule is CC(C)C[C@H](NC(=O)[C@]1(CCCO)CCCN1C(=O)OC(C)(C)C)C(=O)OCc1ccccc1. The number of nitrogens with zero attached hydrogens (tertiary/aromatic N) is 1. The average molecular weight is 477 g/mol. The number of likely N-dealkylation sites (tertiary alicyclic amines) is 1. The lowest BCUT2D eigenvalue weighted by atomic mass is 9.88. The van der Waals surface area contributed by atoms with Gasteiger partial charge in [-0.3, -0.25) is 9.69 Å². The van der Waals surface area contributed by atoms with E-state index in [-0.39, 0.29) is 25.6 Å². The number of nitrogens with one attached hydrogen (secondary N) is 1. The Labute approximate surface area is 203 Å². The Morgan fingerprint density at radius 3 is 2.44 bits per heavy atom. The number of hydrogen-bond acceptors (Lipinski definition) is 6. The molecular formula is C26H40N2O6. The molecule has 1 aromatic carbocycles. The van der Waals surface area contributed by atoms with Crippen LogP contribution in [0.5, 0.6) is 0 Å². The molecule has 34 heavy (non-hydrogen) atoms. The molecule has 1 aliphatic rings. The van der Waals surface area contributed by atoms with E-state index in [2.05, 4.69) is 5.32 Å². The van der Waals surface area contributed by atoms with E-state index in [4.69, 9.17) is 9.47 Å². The minimum absolute atomic E-state index is 0.105. The molecule has 1 aliphatic heterocycles. The topological polar surface area (TPSA) is 105 Å². The lowest BCUT2D eigenvalue weighted by molar-refractivity contribution is -0.151. The monoisotopic (exact) mass is 476 g/mol. The zero-order valence-electron chi connectivity index (χ0n) is 21.1. The van der Waals surface area contributed by atoms with Crippen LogP contribution in [-0.2, 0) is 25.7 Å². The minimum Gasteiger partial charge on any atom is -0.459 e. The largest absolute Gasteiger partial charge is 0.459 e. The molecule has 2 atom stereocenters. The van der Waals surface area contributed by atoms with Crippen molar-refractivity contribution in [2.75, 3.05) is 13.2 Å². The van der Waals surface area contributed by atoms with E-state index < -0.39 is 35.2 Å². The van der Waals surface area contributed by atoms with E-state index in [0.29, 0.717) is 32.2 Å². The highest BCUT2D eigenvalue weighted by Gasteiger charge is 2.51. The molecule has 190 valence electrons. The Kier molecular flexibility index (Phi) is 9.91. The van der Waals surface area contributed by atoms with Gasteiger partial charge in [0, 0.05) is 13.2 Å². The van der Waals surface area contributed by atoms with Crippen LogP contribution in [0, 0.1) is 5.92 Å². The van der Waals surface area contributed by atoms with Gasteiger partial charge < -0.3 is 19.9 Å². The first kappa shape index (κ1) is 27.6. The first-order valence-corrected chi connectivity index (χ1v) is 12.1. The average Bonchev–Trinajstić information content (AvgIpc) is 3.20. The standard InChI is InChI=1S/C26H40N2O6/c1-19(2)17-21(22(30)33-18-20-11-7-6-8-12-20)27-23(31)26(14-10-16-29)13-9-15-28(26)24(32)34-25(3,4)5/h6-8,11-12,19,21,29H,9-10,13-18H2,1-5H3,(H,27,31)/t21-,26+/m0/s1. The van der Waals surface area contributed by atoms with Crippen LogP contribution in [0.1, 0.15) is 72.3 Å². The highest BCUT2D eigenvalue weighted by molar-refractivity contribution is 5.93. The van der Waals surface area contributed by atoms with Gasteiger partial charge in [0.15, 0.2) is 0 Å². The molecule has 1 aromatic rings. The number of aliphatic hydroxyl groups is 1. The van der Waals surface area contributed by atoms with Gasteiger partial charge in [-0.25, -0.2) is 9.59 Å². The van der Waals surface area contributed by atoms with Crippen molar-refractivity contribution in [1.82, 2.24) is 10.2 Å². The first-order valence-electron chi connectivity index (χ1n) is 12.1. The summed E-state index contributed by atoms with van der Waals surface area (Å²) in [5.74, 6) is -0.787. The van der Waals surface area contributed by atoms with Crippen LogP contribution in [0.4, 0.5) is 4.79 Å². The molecule has 1 saturated heterocycles. The quantitative estimate of drug-likeness (QED) is 0.498. The third-order valence-electron chi connectivity index (χ3n) is 5.79. The van der Waals surface area contributed by atoms with Crippen molar-refractivity contribution in [3.05, 3.63) is 35.9 Å². The Balaban J connectivity index is 2.21. The molecule has 2 N–H and O–H groups in total. The number of ether oxygens (including phenoxy) is 2. The summed E-state index contributed by atoms with van der Waals surface area (Å²) in [4.78, 5) is 41.0. The summed E-state index contributed by atoms with van der Waals surface area (Å²) in [6.07, 6.45) is 1.53. The van der Waals surface area contributed by atoms with Crippen LogP contribution >= 0.6 is 0 Å². The molecule has 1 heterocycles. The number of benzene rings is 1. The van der Waals surface area contributed by atoms with Crippen molar-refractivity contribution in [3.63, 3.8) is 0 Å². The molecule has 2 rings (SSSR count). The Morgan fingerprint density at radius 1 is 1.18 bits per heavy atom. The van der Waals surface area contributed by atoms with Crippen molar-refractivity contribution in [2.24, 2.45) is 5.92 Å². The molecule has 8 heteroatoms. The van der Waals surface area contributed by atoms with Crippen LogP contribution in [0.25, 0.3) is 0 Å². The van der Waals surface area contributed by atoms with Crippen LogP contribution in [0.3, 0.4) is 0 Å². The smallest absolute Gasteiger partial charge is 0.411 e. The van der Waals surface area contributed by atoms with Gasteiger partial charge in [-0.05, 0) is 64.4 Å². The zero-order valence-corrected chi connectivity index (χ0v) is 21.1. The summed E-state index contributed by atoms with van der Waals surface area (Å²) in [6, 6.07) is 8.51. The fourth-order valence-electron chi connectivity index (χ4n) is 4.25. The number of rotatable bonds is 10. The minimum atomic E-state index is -1.18. The van der Waals surface area contributed by atoms with Crippen LogP contribution in [0.2, 0.25) is 0 Å². The summed E-state index contributed by atoms with van der Waals surface area (Å²) in [7, 11) is 0.